The summed E-state index contributed by atoms with van der Waals surface area (Å²) >= 11 is 0. The predicted octanol–water partition coefficient (Wildman–Crippen LogP) is 3.26. The van der Waals surface area contributed by atoms with Crippen molar-refractivity contribution in [3.05, 3.63) is 41.2 Å². The Morgan fingerprint density at radius 2 is 2.06 bits per heavy atom. The van der Waals surface area contributed by atoms with Crippen LogP contribution in [-0.4, -0.2) is 10.8 Å². The molecule has 90 valence electrons. The van der Waals surface area contributed by atoms with E-state index in [0.717, 1.165) is 37.8 Å². The predicted molar refractivity (Wildman–Crippen MR) is 68.9 cm³/mol. The van der Waals surface area contributed by atoms with Crippen LogP contribution in [0.4, 0.5) is 0 Å². The first-order valence-electron chi connectivity index (χ1n) is 6.44. The van der Waals surface area contributed by atoms with Crippen LogP contribution in [0.2, 0.25) is 0 Å². The molecule has 0 saturated heterocycles. The second kappa shape index (κ2) is 5.76. The normalized spacial score (nSPS) is 16.5. The number of hydrogen-bond acceptors (Lipinski definition) is 2. The highest BCUT2D eigenvalue weighted by molar-refractivity contribution is 5.90. The van der Waals surface area contributed by atoms with Gasteiger partial charge in [-0.1, -0.05) is 18.6 Å². The van der Waals surface area contributed by atoms with Gasteiger partial charge in [-0.15, -0.1) is 0 Å². The fraction of sp³-hybridized carbons (Fsp3) is 0.467. The summed E-state index contributed by atoms with van der Waals surface area (Å²) in [5.74, 6) is 0.280. The Morgan fingerprint density at radius 1 is 1.24 bits per heavy atom. The van der Waals surface area contributed by atoms with Crippen molar-refractivity contribution in [3.8, 4) is 0 Å². The van der Waals surface area contributed by atoms with Gasteiger partial charge < -0.3 is 0 Å². The van der Waals surface area contributed by atoms with Gasteiger partial charge in [0.05, 0.1) is 0 Å². The van der Waals surface area contributed by atoms with Crippen molar-refractivity contribution in [2.45, 2.75) is 45.4 Å². The monoisotopic (exact) mass is 229 g/mol. The van der Waals surface area contributed by atoms with E-state index in [1.165, 1.54) is 11.1 Å². The van der Waals surface area contributed by atoms with Gasteiger partial charge in [0.2, 0.25) is 0 Å². The van der Waals surface area contributed by atoms with Gasteiger partial charge in [-0.25, -0.2) is 0 Å². The van der Waals surface area contributed by atoms with E-state index in [1.807, 2.05) is 12.3 Å². The molecule has 17 heavy (non-hydrogen) atoms. The minimum absolute atomic E-state index is 0.280. The van der Waals surface area contributed by atoms with Crippen molar-refractivity contribution in [2.75, 3.05) is 0 Å². The van der Waals surface area contributed by atoms with E-state index < -0.39 is 0 Å². The zero-order valence-corrected chi connectivity index (χ0v) is 10.4. The molecule has 0 N–H and O–H groups in total. The molecule has 0 unspecified atom stereocenters. The summed E-state index contributed by atoms with van der Waals surface area (Å²) in [7, 11) is 0. The standard InChI is InChI=1S/C15H19NO/c1-2-12-7-8-14(16-11-12)9-13-5-3-4-6-15(17)10-13/h7-8,10-11H,2-6,9H2,1H3. The van der Waals surface area contributed by atoms with Crippen LogP contribution in [0.15, 0.2) is 30.0 Å². The number of allylic oxidation sites excluding steroid dienone is 2. The van der Waals surface area contributed by atoms with Gasteiger partial charge in [0.15, 0.2) is 5.78 Å². The summed E-state index contributed by atoms with van der Waals surface area (Å²) < 4.78 is 0. The molecular weight excluding hydrogens is 210 g/mol. The van der Waals surface area contributed by atoms with Crippen LogP contribution in [0, 0.1) is 0 Å². The minimum atomic E-state index is 0.280. The second-order valence-electron chi connectivity index (χ2n) is 4.66. The van der Waals surface area contributed by atoms with Crippen LogP contribution in [0.25, 0.3) is 0 Å². The number of aryl methyl sites for hydroxylation is 1. The zero-order chi connectivity index (χ0) is 12.1. The van der Waals surface area contributed by atoms with E-state index in [1.54, 1.807) is 0 Å². The van der Waals surface area contributed by atoms with Gasteiger partial charge in [0, 0.05) is 24.7 Å². The molecular formula is C15H19NO. The molecule has 0 amide bonds. The Kier molecular flexibility index (Phi) is 4.08. The van der Waals surface area contributed by atoms with Gasteiger partial charge in [-0.2, -0.15) is 0 Å². The number of aromatic nitrogens is 1. The Morgan fingerprint density at radius 3 is 2.76 bits per heavy atom. The lowest BCUT2D eigenvalue weighted by Crippen LogP contribution is -1.96. The van der Waals surface area contributed by atoms with E-state index in [9.17, 15) is 4.79 Å². The van der Waals surface area contributed by atoms with Gasteiger partial charge in [0.1, 0.15) is 0 Å². The number of nitrogens with zero attached hydrogens (tertiary/aromatic N) is 1. The number of carbonyl (C=O) groups is 1. The summed E-state index contributed by atoms with van der Waals surface area (Å²) in [6, 6.07) is 4.20. The van der Waals surface area contributed by atoms with Crippen LogP contribution in [0.3, 0.4) is 0 Å². The lowest BCUT2D eigenvalue weighted by atomic mass is 10.0. The zero-order valence-electron chi connectivity index (χ0n) is 10.4. The van der Waals surface area contributed by atoms with Crippen LogP contribution >= 0.6 is 0 Å². The maximum Gasteiger partial charge on any atom is 0.155 e. The third-order valence-corrected chi connectivity index (χ3v) is 3.24. The molecule has 0 aromatic carbocycles. The molecule has 1 aliphatic rings. The van der Waals surface area contributed by atoms with Crippen LogP contribution < -0.4 is 0 Å². The summed E-state index contributed by atoms with van der Waals surface area (Å²) in [4.78, 5) is 15.9. The van der Waals surface area contributed by atoms with Gasteiger partial charge in [0.25, 0.3) is 0 Å². The first-order chi connectivity index (χ1) is 8.28. The van der Waals surface area contributed by atoms with E-state index in [2.05, 4.69) is 24.0 Å². The Balaban J connectivity index is 2.06. The number of hydrogen-bond donors (Lipinski definition) is 0. The van der Waals surface area contributed by atoms with Crippen LogP contribution in [0.1, 0.15) is 43.9 Å². The molecule has 0 radical (unpaired) electrons. The van der Waals surface area contributed by atoms with E-state index in [4.69, 9.17) is 0 Å². The van der Waals surface area contributed by atoms with Gasteiger partial charge >= 0.3 is 0 Å². The van der Waals surface area contributed by atoms with Crippen molar-refractivity contribution in [3.63, 3.8) is 0 Å². The Hall–Kier alpha value is -1.44. The molecule has 1 aromatic heterocycles. The highest BCUT2D eigenvalue weighted by Crippen LogP contribution is 2.18. The summed E-state index contributed by atoms with van der Waals surface area (Å²) in [6.07, 6.45) is 9.54. The average molecular weight is 229 g/mol. The van der Waals surface area contributed by atoms with Crippen LogP contribution in [-0.2, 0) is 17.6 Å². The molecule has 2 heteroatoms. The van der Waals surface area contributed by atoms with E-state index in [0.29, 0.717) is 6.42 Å². The molecule has 0 atom stereocenters. The fourth-order valence-electron chi connectivity index (χ4n) is 2.16. The number of ketones is 1. The molecule has 0 aliphatic heterocycles. The van der Waals surface area contributed by atoms with Crippen molar-refractivity contribution >= 4 is 5.78 Å². The molecule has 2 nitrogen and oxygen atoms in total. The Labute approximate surface area is 103 Å². The maximum absolute atomic E-state index is 11.5. The number of rotatable bonds is 3. The lowest BCUT2D eigenvalue weighted by molar-refractivity contribution is -0.114. The average Bonchev–Trinajstić information content (AvgIpc) is 2.55. The fourth-order valence-corrected chi connectivity index (χ4v) is 2.16. The molecule has 1 aromatic rings. The molecule has 0 saturated carbocycles. The molecule has 0 spiro atoms. The van der Waals surface area contributed by atoms with Crippen molar-refractivity contribution in [1.29, 1.82) is 0 Å². The third-order valence-electron chi connectivity index (χ3n) is 3.24. The molecule has 1 aliphatic carbocycles. The molecule has 0 fully saturated rings. The molecule has 0 bridgehead atoms. The number of carbonyl (C=O) groups excluding carboxylic acids is 1. The third kappa shape index (κ3) is 3.52. The molecule has 2 rings (SSSR count). The van der Waals surface area contributed by atoms with Crippen molar-refractivity contribution in [2.24, 2.45) is 0 Å². The van der Waals surface area contributed by atoms with Gasteiger partial charge in [-0.3, -0.25) is 9.78 Å². The number of pyridine rings is 1. The molecule has 1 heterocycles. The largest absolute Gasteiger partial charge is 0.295 e. The smallest absolute Gasteiger partial charge is 0.155 e. The van der Waals surface area contributed by atoms with Crippen molar-refractivity contribution < 1.29 is 4.79 Å². The lowest BCUT2D eigenvalue weighted by Gasteiger charge is -2.05. The summed E-state index contributed by atoms with van der Waals surface area (Å²) in [5.41, 5.74) is 3.58. The highest BCUT2D eigenvalue weighted by atomic mass is 16.1. The first-order valence-corrected chi connectivity index (χ1v) is 6.44. The maximum atomic E-state index is 11.5. The SMILES string of the molecule is CCc1ccc(CC2=CC(=O)CCCC2)nc1. The first kappa shape index (κ1) is 12.0. The minimum Gasteiger partial charge on any atom is -0.295 e. The van der Waals surface area contributed by atoms with E-state index >= 15 is 0 Å². The Bertz CT molecular complexity index is 417. The van der Waals surface area contributed by atoms with Crippen LogP contribution in [0.5, 0.6) is 0 Å². The highest BCUT2D eigenvalue weighted by Gasteiger charge is 2.09. The second-order valence-corrected chi connectivity index (χ2v) is 4.66. The summed E-state index contributed by atoms with van der Waals surface area (Å²) in [6.45, 7) is 2.13. The van der Waals surface area contributed by atoms with Gasteiger partial charge in [-0.05, 0) is 43.4 Å². The van der Waals surface area contributed by atoms with Crippen molar-refractivity contribution in [1.82, 2.24) is 4.98 Å². The summed E-state index contributed by atoms with van der Waals surface area (Å²) in [5, 5.41) is 0. The topological polar surface area (TPSA) is 30.0 Å². The quantitative estimate of drug-likeness (QED) is 0.796. The van der Waals surface area contributed by atoms with E-state index in [-0.39, 0.29) is 5.78 Å².